The highest BCUT2D eigenvalue weighted by atomic mass is 32.2. The molecule has 0 bridgehead atoms. The lowest BCUT2D eigenvalue weighted by Crippen LogP contribution is -2.20. The normalized spacial score (nSPS) is 10.6. The third-order valence-electron chi connectivity index (χ3n) is 0.365. The molecule has 0 fully saturated rings. The minimum atomic E-state index is -3.67. The van der Waals surface area contributed by atoms with Gasteiger partial charge in [-0.2, -0.15) is 8.42 Å². The molecular weight excluding hydrogens is 156 g/mol. The van der Waals surface area contributed by atoms with Crippen LogP contribution in [0, 0.1) is 0 Å². The van der Waals surface area contributed by atoms with E-state index in [-0.39, 0.29) is 0 Å². The van der Waals surface area contributed by atoms with Gasteiger partial charge in [0.2, 0.25) is 0 Å². The maximum Gasteiger partial charge on any atom is 0.261 e. The predicted octanol–water partition coefficient (Wildman–Crippen LogP) is -1.03. The number of nitrogens with zero attached hydrogens (tertiary/aromatic N) is 1. The molecule has 3 N–H and O–H groups in total. The van der Waals surface area contributed by atoms with Gasteiger partial charge in [-0.05, 0) is 14.1 Å². The molecule has 64 valence electrons. The first-order valence-electron chi connectivity index (χ1n) is 2.54. The standard InChI is InChI=1S/C3H10N2.CH4O3S/c1-5(2)3-4;1-5(2,3)4/h3-4H2,1-2H3;1H3,(H,2,3,4). The summed E-state index contributed by atoms with van der Waals surface area (Å²) in [6, 6.07) is 0. The zero-order chi connectivity index (χ0) is 8.78. The van der Waals surface area contributed by atoms with E-state index in [1.807, 2.05) is 19.0 Å². The molecule has 0 rings (SSSR count). The van der Waals surface area contributed by atoms with Crippen LogP contribution in [0.15, 0.2) is 0 Å². The van der Waals surface area contributed by atoms with Gasteiger partial charge >= 0.3 is 0 Å². The number of nitrogens with two attached hydrogens (primary N) is 1. The molecule has 5 nitrogen and oxygen atoms in total. The zero-order valence-electron chi connectivity index (χ0n) is 6.40. The molecule has 0 aromatic carbocycles. The summed E-state index contributed by atoms with van der Waals surface area (Å²) >= 11 is 0. The smallest absolute Gasteiger partial charge is 0.261 e. The molecule has 0 aliphatic rings. The van der Waals surface area contributed by atoms with E-state index in [9.17, 15) is 8.42 Å². The molecule has 0 saturated heterocycles. The Hall–Kier alpha value is -0.170. The lowest BCUT2D eigenvalue weighted by atomic mass is 10.9. The maximum absolute atomic E-state index is 9.19. The zero-order valence-corrected chi connectivity index (χ0v) is 7.22. The molecule has 0 aliphatic heterocycles. The van der Waals surface area contributed by atoms with Crippen molar-refractivity contribution in [3.05, 3.63) is 0 Å². The molecule has 0 aliphatic carbocycles. The molecular formula is C4H14N2O3S. The lowest BCUT2D eigenvalue weighted by Gasteiger charge is -2.00. The van der Waals surface area contributed by atoms with E-state index >= 15 is 0 Å². The summed E-state index contributed by atoms with van der Waals surface area (Å²) in [5, 5.41) is 0. The van der Waals surface area contributed by atoms with Crippen LogP contribution in [-0.4, -0.2) is 44.9 Å². The second-order valence-corrected chi connectivity index (χ2v) is 3.46. The van der Waals surface area contributed by atoms with Gasteiger partial charge in [0.05, 0.1) is 6.26 Å². The van der Waals surface area contributed by atoms with Crippen LogP contribution in [0.1, 0.15) is 0 Å². The first-order valence-corrected chi connectivity index (χ1v) is 4.39. The Labute approximate surface area is 61.6 Å². The summed E-state index contributed by atoms with van der Waals surface area (Å²) in [5.74, 6) is 0. The van der Waals surface area contributed by atoms with Crippen LogP contribution in [0.3, 0.4) is 0 Å². The third kappa shape index (κ3) is 109. The van der Waals surface area contributed by atoms with Crippen molar-refractivity contribution in [1.82, 2.24) is 4.90 Å². The van der Waals surface area contributed by atoms with Gasteiger partial charge in [-0.25, -0.2) is 0 Å². The first kappa shape index (κ1) is 12.5. The van der Waals surface area contributed by atoms with Gasteiger partial charge in [0.1, 0.15) is 0 Å². The summed E-state index contributed by atoms with van der Waals surface area (Å²) in [4.78, 5) is 1.90. The van der Waals surface area contributed by atoms with Crippen molar-refractivity contribution in [3.8, 4) is 0 Å². The van der Waals surface area contributed by atoms with Crippen LogP contribution in [0.2, 0.25) is 0 Å². The van der Waals surface area contributed by atoms with E-state index in [1.54, 1.807) is 0 Å². The monoisotopic (exact) mass is 170 g/mol. The van der Waals surface area contributed by atoms with Crippen molar-refractivity contribution >= 4 is 10.1 Å². The van der Waals surface area contributed by atoms with Gasteiger partial charge in [0.25, 0.3) is 10.1 Å². The van der Waals surface area contributed by atoms with Gasteiger partial charge in [0.15, 0.2) is 0 Å². The van der Waals surface area contributed by atoms with Crippen molar-refractivity contribution in [2.45, 2.75) is 0 Å². The Balaban J connectivity index is 0. The fourth-order valence-electron chi connectivity index (χ4n) is 0. The van der Waals surface area contributed by atoms with Crippen LogP contribution in [0.4, 0.5) is 0 Å². The van der Waals surface area contributed by atoms with Crippen molar-refractivity contribution in [2.24, 2.45) is 5.73 Å². The number of hydrogen-bond donors (Lipinski definition) is 2. The topological polar surface area (TPSA) is 83.6 Å². The molecule has 0 spiro atoms. The second-order valence-electron chi connectivity index (χ2n) is 2.00. The Morgan fingerprint density at radius 2 is 1.60 bits per heavy atom. The van der Waals surface area contributed by atoms with Crippen LogP contribution in [0.25, 0.3) is 0 Å². The molecule has 0 radical (unpaired) electrons. The highest BCUT2D eigenvalue weighted by molar-refractivity contribution is 7.85. The predicted molar refractivity (Wildman–Crippen MR) is 40.2 cm³/mol. The minimum Gasteiger partial charge on any atom is -0.318 e. The van der Waals surface area contributed by atoms with Crippen LogP contribution in [-0.2, 0) is 10.1 Å². The van der Waals surface area contributed by atoms with E-state index in [1.165, 1.54) is 0 Å². The highest BCUT2D eigenvalue weighted by Crippen LogP contribution is 1.60. The van der Waals surface area contributed by atoms with Gasteiger partial charge < -0.3 is 5.73 Å². The molecule has 0 unspecified atom stereocenters. The molecule has 0 aromatic heterocycles. The van der Waals surface area contributed by atoms with Gasteiger partial charge in [0, 0.05) is 6.67 Å². The molecule has 0 atom stereocenters. The summed E-state index contributed by atoms with van der Waals surface area (Å²) in [6.07, 6.45) is 0.715. The molecule has 10 heavy (non-hydrogen) atoms. The van der Waals surface area contributed by atoms with E-state index < -0.39 is 10.1 Å². The fraction of sp³-hybridized carbons (Fsp3) is 1.00. The molecule has 0 amide bonds. The fourth-order valence-corrected chi connectivity index (χ4v) is 0. The maximum atomic E-state index is 9.19. The van der Waals surface area contributed by atoms with E-state index in [0.29, 0.717) is 12.9 Å². The molecule has 0 saturated carbocycles. The van der Waals surface area contributed by atoms with Crippen LogP contribution >= 0.6 is 0 Å². The van der Waals surface area contributed by atoms with Crippen LogP contribution in [0.5, 0.6) is 0 Å². The quantitative estimate of drug-likeness (QED) is 0.388. The van der Waals surface area contributed by atoms with Gasteiger partial charge in [-0.3, -0.25) is 9.45 Å². The number of hydrogen-bond acceptors (Lipinski definition) is 4. The summed E-state index contributed by atoms with van der Waals surface area (Å²) in [5.41, 5.74) is 5.10. The molecule has 0 aromatic rings. The third-order valence-corrected chi connectivity index (χ3v) is 0.365. The molecule has 0 heterocycles. The van der Waals surface area contributed by atoms with Crippen molar-refractivity contribution in [1.29, 1.82) is 0 Å². The largest absolute Gasteiger partial charge is 0.318 e. The average molecular weight is 170 g/mol. The first-order chi connectivity index (χ1) is 4.27. The van der Waals surface area contributed by atoms with Gasteiger partial charge in [-0.15, -0.1) is 0 Å². The van der Waals surface area contributed by atoms with E-state index in [4.69, 9.17) is 10.3 Å². The highest BCUT2D eigenvalue weighted by Gasteiger charge is 1.81. The average Bonchev–Trinajstić information content (AvgIpc) is 1.61. The lowest BCUT2D eigenvalue weighted by molar-refractivity contribution is 0.423. The van der Waals surface area contributed by atoms with Gasteiger partial charge in [-0.1, -0.05) is 0 Å². The summed E-state index contributed by atoms with van der Waals surface area (Å²) in [6.45, 7) is 0.639. The minimum absolute atomic E-state index is 0.639. The molecule has 6 heteroatoms. The van der Waals surface area contributed by atoms with Crippen LogP contribution < -0.4 is 5.73 Å². The Morgan fingerprint density at radius 3 is 1.60 bits per heavy atom. The SMILES string of the molecule is CN(C)CN.CS(=O)(=O)O. The van der Waals surface area contributed by atoms with Crippen molar-refractivity contribution in [2.75, 3.05) is 27.0 Å². The summed E-state index contributed by atoms with van der Waals surface area (Å²) in [7, 11) is 0.194. The Kier molecular flexibility index (Phi) is 7.00. The van der Waals surface area contributed by atoms with Crippen molar-refractivity contribution < 1.29 is 13.0 Å². The van der Waals surface area contributed by atoms with E-state index in [0.717, 1.165) is 0 Å². The second kappa shape index (κ2) is 5.60. The Bertz CT molecular complexity index is 144. The van der Waals surface area contributed by atoms with E-state index in [2.05, 4.69) is 0 Å². The summed E-state index contributed by atoms with van der Waals surface area (Å²) < 4.78 is 25.9. The Morgan fingerprint density at radius 1 is 1.50 bits per heavy atom. The number of rotatable bonds is 1. The van der Waals surface area contributed by atoms with Crippen molar-refractivity contribution in [3.63, 3.8) is 0 Å².